The molecule has 2 nitrogen and oxygen atoms in total. The minimum Gasteiger partial charge on any atom is -0.490 e. The number of Topliss-reactive ketones (excluding diaryl/α,β-unsaturated/α-hetero) is 1. The number of hydrogen-bond donors (Lipinski definition) is 0. The van der Waals surface area contributed by atoms with E-state index >= 15 is 0 Å². The number of hydrogen-bond acceptors (Lipinski definition) is 2. The lowest BCUT2D eigenvalue weighted by Crippen LogP contribution is -2.14. The van der Waals surface area contributed by atoms with Crippen molar-refractivity contribution in [1.29, 1.82) is 0 Å². The topological polar surface area (TPSA) is 26.3 Å². The molecule has 1 heterocycles. The number of para-hydroxylation sites is 1. The Bertz CT molecular complexity index is 346. The highest BCUT2D eigenvalue weighted by Crippen LogP contribution is 2.29. The van der Waals surface area contributed by atoms with E-state index < -0.39 is 0 Å². The number of benzene rings is 1. The first kappa shape index (κ1) is 11.2. The van der Waals surface area contributed by atoms with E-state index in [0.717, 1.165) is 25.0 Å². The average molecular weight is 218 g/mol. The van der Waals surface area contributed by atoms with Gasteiger partial charge >= 0.3 is 0 Å². The van der Waals surface area contributed by atoms with Crippen LogP contribution in [0.25, 0.3) is 0 Å². The molecule has 1 aromatic carbocycles. The monoisotopic (exact) mass is 218 g/mol. The highest BCUT2D eigenvalue weighted by Gasteiger charge is 2.22. The van der Waals surface area contributed by atoms with Crippen LogP contribution in [0.3, 0.4) is 0 Å². The summed E-state index contributed by atoms with van der Waals surface area (Å²) in [4.78, 5) is 11.4. The first-order chi connectivity index (χ1) is 7.79. The van der Waals surface area contributed by atoms with E-state index in [-0.39, 0.29) is 6.10 Å². The van der Waals surface area contributed by atoms with Crippen LogP contribution in [0, 0.1) is 0 Å². The van der Waals surface area contributed by atoms with Gasteiger partial charge in [-0.25, -0.2) is 0 Å². The number of ether oxygens (including phenoxy) is 1. The molecule has 0 saturated heterocycles. The van der Waals surface area contributed by atoms with Crippen molar-refractivity contribution in [2.24, 2.45) is 0 Å². The molecule has 16 heavy (non-hydrogen) atoms. The third-order valence-electron chi connectivity index (χ3n) is 2.99. The Balaban J connectivity index is 1.81. The smallest absolute Gasteiger partial charge is 0.133 e. The fourth-order valence-corrected chi connectivity index (χ4v) is 2.14. The second-order valence-electron chi connectivity index (χ2n) is 4.38. The molecule has 0 radical (unpaired) electrons. The molecule has 1 aromatic rings. The average Bonchev–Trinajstić information content (AvgIpc) is 2.69. The first-order valence-corrected chi connectivity index (χ1v) is 6.06. The van der Waals surface area contributed by atoms with Gasteiger partial charge in [0.2, 0.25) is 0 Å². The summed E-state index contributed by atoms with van der Waals surface area (Å²) in [7, 11) is 0. The minimum absolute atomic E-state index is 0.207. The summed E-state index contributed by atoms with van der Waals surface area (Å²) in [6.07, 6.45) is 4.33. The van der Waals surface area contributed by atoms with Gasteiger partial charge in [0, 0.05) is 19.3 Å². The number of rotatable bonds is 5. The van der Waals surface area contributed by atoms with Crippen LogP contribution in [-0.2, 0) is 11.2 Å². The zero-order valence-corrected chi connectivity index (χ0v) is 9.74. The predicted molar refractivity (Wildman–Crippen MR) is 63.7 cm³/mol. The maximum absolute atomic E-state index is 11.4. The van der Waals surface area contributed by atoms with Crippen LogP contribution < -0.4 is 4.74 Å². The van der Waals surface area contributed by atoms with E-state index in [0.29, 0.717) is 18.6 Å². The fraction of sp³-hybridized carbons (Fsp3) is 0.500. The quantitative estimate of drug-likeness (QED) is 0.759. The zero-order valence-electron chi connectivity index (χ0n) is 9.74. The molecule has 0 bridgehead atoms. The van der Waals surface area contributed by atoms with Crippen LogP contribution in [0.4, 0.5) is 0 Å². The van der Waals surface area contributed by atoms with Crippen molar-refractivity contribution in [3.63, 3.8) is 0 Å². The van der Waals surface area contributed by atoms with Gasteiger partial charge in [-0.2, -0.15) is 0 Å². The van der Waals surface area contributed by atoms with E-state index in [9.17, 15) is 4.79 Å². The van der Waals surface area contributed by atoms with Crippen molar-refractivity contribution in [2.75, 3.05) is 0 Å². The lowest BCUT2D eigenvalue weighted by molar-refractivity contribution is -0.119. The van der Waals surface area contributed by atoms with Gasteiger partial charge < -0.3 is 4.74 Å². The molecule has 2 rings (SSSR count). The Morgan fingerprint density at radius 3 is 2.94 bits per heavy atom. The van der Waals surface area contributed by atoms with Crippen LogP contribution in [-0.4, -0.2) is 11.9 Å². The Labute approximate surface area is 96.6 Å². The summed E-state index contributed by atoms with van der Waals surface area (Å²) in [5.74, 6) is 1.36. The summed E-state index contributed by atoms with van der Waals surface area (Å²) >= 11 is 0. The Morgan fingerprint density at radius 2 is 2.19 bits per heavy atom. The Morgan fingerprint density at radius 1 is 1.38 bits per heavy atom. The molecule has 1 atom stereocenters. The van der Waals surface area contributed by atoms with E-state index in [2.05, 4.69) is 6.07 Å². The molecule has 0 saturated carbocycles. The van der Waals surface area contributed by atoms with E-state index in [1.807, 2.05) is 25.1 Å². The summed E-state index contributed by atoms with van der Waals surface area (Å²) in [5.41, 5.74) is 1.27. The van der Waals surface area contributed by atoms with Gasteiger partial charge in [-0.05, 0) is 24.5 Å². The maximum Gasteiger partial charge on any atom is 0.133 e. The highest BCUT2D eigenvalue weighted by molar-refractivity contribution is 5.78. The predicted octanol–water partition coefficient (Wildman–Crippen LogP) is 3.14. The van der Waals surface area contributed by atoms with Gasteiger partial charge in [0.15, 0.2) is 0 Å². The number of ketones is 1. The maximum atomic E-state index is 11.4. The number of fused-ring (bicyclic) bond motifs is 1. The van der Waals surface area contributed by atoms with Gasteiger partial charge in [-0.3, -0.25) is 4.79 Å². The molecule has 0 amide bonds. The standard InChI is InChI=1S/C14H18O2/c1-2-5-12(15)8-9-13-10-11-6-3-4-7-14(11)16-13/h3-4,6-7,13H,2,5,8-10H2,1H3. The Hall–Kier alpha value is -1.31. The van der Waals surface area contributed by atoms with Gasteiger partial charge in [0.1, 0.15) is 17.6 Å². The van der Waals surface area contributed by atoms with Gasteiger partial charge in [0.25, 0.3) is 0 Å². The SMILES string of the molecule is CCCC(=O)CCC1Cc2ccccc2O1. The lowest BCUT2D eigenvalue weighted by atomic mass is 10.0. The van der Waals surface area contributed by atoms with Crippen LogP contribution in [0.5, 0.6) is 5.75 Å². The summed E-state index contributed by atoms with van der Waals surface area (Å²) < 4.78 is 5.78. The summed E-state index contributed by atoms with van der Waals surface area (Å²) in [6, 6.07) is 8.13. The van der Waals surface area contributed by atoms with Crippen molar-refractivity contribution in [1.82, 2.24) is 0 Å². The second kappa shape index (κ2) is 5.15. The third-order valence-corrected chi connectivity index (χ3v) is 2.99. The van der Waals surface area contributed by atoms with Crippen LogP contribution in [0.1, 0.15) is 38.2 Å². The number of carbonyl (C=O) groups excluding carboxylic acids is 1. The molecule has 1 aliphatic heterocycles. The van der Waals surface area contributed by atoms with Crippen LogP contribution in [0.2, 0.25) is 0 Å². The van der Waals surface area contributed by atoms with Crippen LogP contribution >= 0.6 is 0 Å². The third kappa shape index (κ3) is 2.63. The molecule has 0 spiro atoms. The summed E-state index contributed by atoms with van der Waals surface area (Å²) in [6.45, 7) is 2.04. The zero-order chi connectivity index (χ0) is 11.4. The van der Waals surface area contributed by atoms with E-state index in [1.54, 1.807) is 0 Å². The number of carbonyl (C=O) groups is 1. The lowest BCUT2D eigenvalue weighted by Gasteiger charge is -2.09. The molecule has 0 fully saturated rings. The largest absolute Gasteiger partial charge is 0.490 e. The molecule has 0 N–H and O–H groups in total. The minimum atomic E-state index is 0.207. The molecule has 1 aliphatic rings. The Kier molecular flexibility index (Phi) is 3.60. The molecular weight excluding hydrogens is 200 g/mol. The first-order valence-electron chi connectivity index (χ1n) is 6.06. The van der Waals surface area contributed by atoms with Crippen molar-refractivity contribution < 1.29 is 9.53 Å². The van der Waals surface area contributed by atoms with Gasteiger partial charge in [0.05, 0.1) is 0 Å². The normalized spacial score (nSPS) is 17.9. The highest BCUT2D eigenvalue weighted by atomic mass is 16.5. The molecule has 0 aromatic heterocycles. The van der Waals surface area contributed by atoms with Gasteiger partial charge in [-0.15, -0.1) is 0 Å². The van der Waals surface area contributed by atoms with E-state index in [1.165, 1.54) is 5.56 Å². The van der Waals surface area contributed by atoms with Crippen molar-refractivity contribution in [2.45, 2.75) is 45.1 Å². The molecule has 0 aliphatic carbocycles. The second-order valence-corrected chi connectivity index (χ2v) is 4.38. The molecule has 1 unspecified atom stereocenters. The summed E-state index contributed by atoms with van der Waals surface area (Å²) in [5, 5.41) is 0. The van der Waals surface area contributed by atoms with E-state index in [4.69, 9.17) is 4.74 Å². The molecular formula is C14H18O2. The van der Waals surface area contributed by atoms with Crippen molar-refractivity contribution >= 4 is 5.78 Å². The molecule has 86 valence electrons. The molecule has 2 heteroatoms. The van der Waals surface area contributed by atoms with Crippen molar-refractivity contribution in [3.8, 4) is 5.75 Å². The van der Waals surface area contributed by atoms with Gasteiger partial charge in [-0.1, -0.05) is 25.1 Å². The fourth-order valence-electron chi connectivity index (χ4n) is 2.14. The van der Waals surface area contributed by atoms with Crippen molar-refractivity contribution in [3.05, 3.63) is 29.8 Å². The van der Waals surface area contributed by atoms with Crippen LogP contribution in [0.15, 0.2) is 24.3 Å².